The van der Waals surface area contributed by atoms with E-state index in [-0.39, 0.29) is 23.1 Å². The van der Waals surface area contributed by atoms with Crippen LogP contribution in [0.1, 0.15) is 36.0 Å². The average Bonchev–Trinajstić information content (AvgIpc) is 3.31. The second kappa shape index (κ2) is 7.73. The van der Waals surface area contributed by atoms with Crippen LogP contribution in [-0.2, 0) is 19.6 Å². The number of carbonyl (C=O) groups is 2. The zero-order chi connectivity index (χ0) is 18.7. The van der Waals surface area contributed by atoms with Crippen LogP contribution in [0.5, 0.6) is 0 Å². The number of aliphatic carboxylic acids is 1. The first-order valence-electron chi connectivity index (χ1n) is 8.63. The van der Waals surface area contributed by atoms with Crippen LogP contribution in [0.15, 0.2) is 29.2 Å². The Bertz CT molecular complexity index is 771. The predicted molar refractivity (Wildman–Crippen MR) is 92.3 cm³/mol. The van der Waals surface area contributed by atoms with Gasteiger partial charge in [-0.2, -0.15) is 0 Å². The Kier molecular flexibility index (Phi) is 5.59. The van der Waals surface area contributed by atoms with E-state index in [1.54, 1.807) is 0 Å². The quantitative estimate of drug-likeness (QED) is 0.754. The van der Waals surface area contributed by atoms with Crippen LogP contribution < -0.4 is 4.72 Å². The van der Waals surface area contributed by atoms with Crippen molar-refractivity contribution in [3.63, 3.8) is 0 Å². The van der Waals surface area contributed by atoms with Crippen molar-refractivity contribution in [2.75, 3.05) is 19.7 Å². The van der Waals surface area contributed by atoms with Gasteiger partial charge in [-0.1, -0.05) is 0 Å². The van der Waals surface area contributed by atoms with Gasteiger partial charge in [-0.05, 0) is 49.9 Å². The van der Waals surface area contributed by atoms with Crippen LogP contribution in [0.3, 0.4) is 0 Å². The second-order valence-corrected chi connectivity index (χ2v) is 8.27. The summed E-state index contributed by atoms with van der Waals surface area (Å²) in [5.41, 5.74) is 0.274. The number of benzene rings is 1. The summed E-state index contributed by atoms with van der Waals surface area (Å²) in [7, 11) is -3.68. The van der Waals surface area contributed by atoms with Gasteiger partial charge in [-0.3, -0.25) is 4.79 Å². The van der Waals surface area contributed by atoms with Gasteiger partial charge in [0, 0.05) is 25.3 Å². The fraction of sp³-hybridized carbons (Fsp3) is 0.529. The van der Waals surface area contributed by atoms with E-state index < -0.39 is 27.9 Å². The maximum atomic E-state index is 12.5. The lowest BCUT2D eigenvalue weighted by molar-refractivity contribution is -0.141. The molecule has 2 N–H and O–H groups in total. The van der Waals surface area contributed by atoms with Crippen LogP contribution >= 0.6 is 0 Å². The van der Waals surface area contributed by atoms with E-state index in [9.17, 15) is 23.1 Å². The van der Waals surface area contributed by atoms with E-state index in [1.807, 2.05) is 0 Å². The highest BCUT2D eigenvalue weighted by Crippen LogP contribution is 2.21. The van der Waals surface area contributed by atoms with Gasteiger partial charge in [0.15, 0.2) is 0 Å². The maximum Gasteiger partial charge on any atom is 0.326 e. The highest BCUT2D eigenvalue weighted by molar-refractivity contribution is 7.89. The molecule has 1 unspecified atom stereocenters. The minimum Gasteiger partial charge on any atom is -0.480 e. The molecule has 3 rings (SSSR count). The van der Waals surface area contributed by atoms with Gasteiger partial charge < -0.3 is 14.7 Å². The van der Waals surface area contributed by atoms with Crippen molar-refractivity contribution in [3.05, 3.63) is 29.8 Å². The predicted octanol–water partition coefficient (Wildman–Crippen LogP) is 0.833. The monoisotopic (exact) mass is 382 g/mol. The van der Waals surface area contributed by atoms with Crippen molar-refractivity contribution < 1.29 is 27.9 Å². The smallest absolute Gasteiger partial charge is 0.326 e. The molecule has 142 valence electrons. The van der Waals surface area contributed by atoms with Crippen molar-refractivity contribution in [2.24, 2.45) is 0 Å². The Morgan fingerprint density at radius 3 is 2.54 bits per heavy atom. The summed E-state index contributed by atoms with van der Waals surface area (Å²) in [6, 6.07) is 4.73. The third kappa shape index (κ3) is 4.05. The molecule has 2 atom stereocenters. The van der Waals surface area contributed by atoms with E-state index in [4.69, 9.17) is 4.74 Å². The van der Waals surface area contributed by atoms with Crippen LogP contribution in [-0.4, -0.2) is 62.1 Å². The fourth-order valence-corrected chi connectivity index (χ4v) is 4.37. The Morgan fingerprint density at radius 1 is 1.19 bits per heavy atom. The number of sulfonamides is 1. The van der Waals surface area contributed by atoms with E-state index in [0.29, 0.717) is 26.0 Å². The molecule has 8 nitrogen and oxygen atoms in total. The van der Waals surface area contributed by atoms with E-state index in [1.165, 1.54) is 29.2 Å². The highest BCUT2D eigenvalue weighted by Gasteiger charge is 2.34. The van der Waals surface area contributed by atoms with Gasteiger partial charge in [-0.15, -0.1) is 0 Å². The average molecular weight is 382 g/mol. The van der Waals surface area contributed by atoms with Gasteiger partial charge in [0.1, 0.15) is 6.04 Å². The van der Waals surface area contributed by atoms with Gasteiger partial charge in [0.2, 0.25) is 10.0 Å². The molecule has 9 heteroatoms. The molecule has 0 radical (unpaired) electrons. The lowest BCUT2D eigenvalue weighted by Crippen LogP contribution is -2.40. The molecule has 1 aromatic rings. The molecular weight excluding hydrogens is 360 g/mol. The van der Waals surface area contributed by atoms with Gasteiger partial charge >= 0.3 is 5.97 Å². The molecular formula is C17H22N2O6S. The summed E-state index contributed by atoms with van der Waals surface area (Å²) in [5.74, 6) is -1.42. The number of amides is 1. The molecule has 0 aromatic heterocycles. The standard InChI is InChI=1S/C17H22N2O6S/c20-16(19-9-1-4-15(19)17(21)22)12-5-7-14(8-6-12)26(23,24)18-11-13-3-2-10-25-13/h5-8,13,15,18H,1-4,9-11H2,(H,21,22)/t13?,15-/m0/s1. The van der Waals surface area contributed by atoms with Gasteiger partial charge in [0.25, 0.3) is 5.91 Å². The molecule has 2 saturated heterocycles. The Morgan fingerprint density at radius 2 is 1.92 bits per heavy atom. The van der Waals surface area contributed by atoms with Gasteiger partial charge in [-0.25, -0.2) is 17.9 Å². The molecule has 0 aliphatic carbocycles. The number of hydrogen-bond donors (Lipinski definition) is 2. The second-order valence-electron chi connectivity index (χ2n) is 6.51. The number of ether oxygens (including phenoxy) is 1. The number of likely N-dealkylation sites (tertiary alicyclic amines) is 1. The van der Waals surface area contributed by atoms with Crippen molar-refractivity contribution in [1.29, 1.82) is 0 Å². The van der Waals surface area contributed by atoms with Crippen LogP contribution in [0.25, 0.3) is 0 Å². The van der Waals surface area contributed by atoms with E-state index in [2.05, 4.69) is 4.72 Å². The third-order valence-electron chi connectivity index (χ3n) is 4.74. The molecule has 0 saturated carbocycles. The minimum absolute atomic E-state index is 0.0586. The topological polar surface area (TPSA) is 113 Å². The largest absolute Gasteiger partial charge is 0.480 e. The first kappa shape index (κ1) is 18.8. The number of carboxylic acid groups (broad SMARTS) is 1. The summed E-state index contributed by atoms with van der Waals surface area (Å²) in [6.45, 7) is 1.26. The molecule has 1 amide bonds. The summed E-state index contributed by atoms with van der Waals surface area (Å²) < 4.78 is 32.6. The van der Waals surface area contributed by atoms with E-state index in [0.717, 1.165) is 12.8 Å². The zero-order valence-corrected chi connectivity index (χ0v) is 15.1. The minimum atomic E-state index is -3.68. The van der Waals surface area contributed by atoms with Crippen LogP contribution in [0.2, 0.25) is 0 Å². The maximum absolute atomic E-state index is 12.5. The van der Waals surface area contributed by atoms with Crippen molar-refractivity contribution in [2.45, 2.75) is 42.7 Å². The summed E-state index contributed by atoms with van der Waals surface area (Å²) in [4.78, 5) is 25.1. The number of nitrogens with one attached hydrogen (secondary N) is 1. The third-order valence-corrected chi connectivity index (χ3v) is 6.17. The Labute approximate surface area is 152 Å². The number of rotatable bonds is 6. The van der Waals surface area contributed by atoms with Crippen molar-refractivity contribution in [1.82, 2.24) is 9.62 Å². The van der Waals surface area contributed by atoms with Crippen LogP contribution in [0.4, 0.5) is 0 Å². The highest BCUT2D eigenvalue weighted by atomic mass is 32.2. The normalized spacial score (nSPS) is 23.3. The lowest BCUT2D eigenvalue weighted by Gasteiger charge is -2.21. The number of carbonyl (C=O) groups excluding carboxylic acids is 1. The number of nitrogens with zero attached hydrogens (tertiary/aromatic N) is 1. The van der Waals surface area contributed by atoms with Gasteiger partial charge in [0.05, 0.1) is 11.0 Å². The molecule has 2 aliphatic rings. The van der Waals surface area contributed by atoms with E-state index >= 15 is 0 Å². The van der Waals surface area contributed by atoms with Crippen LogP contribution in [0, 0.1) is 0 Å². The lowest BCUT2D eigenvalue weighted by atomic mass is 10.1. The summed E-state index contributed by atoms with van der Waals surface area (Å²) in [5, 5.41) is 9.19. The van der Waals surface area contributed by atoms with Crippen molar-refractivity contribution in [3.8, 4) is 0 Å². The summed E-state index contributed by atoms with van der Waals surface area (Å²) in [6.07, 6.45) is 2.73. The Hall–Kier alpha value is -1.97. The fourth-order valence-electron chi connectivity index (χ4n) is 3.30. The first-order chi connectivity index (χ1) is 12.4. The van der Waals surface area contributed by atoms with Crippen molar-refractivity contribution >= 4 is 21.9 Å². The Balaban J connectivity index is 1.67. The molecule has 0 bridgehead atoms. The first-order valence-corrected chi connectivity index (χ1v) is 10.1. The number of carboxylic acids is 1. The molecule has 0 spiro atoms. The molecule has 2 fully saturated rings. The molecule has 1 aromatic carbocycles. The molecule has 26 heavy (non-hydrogen) atoms. The summed E-state index contributed by atoms with van der Waals surface area (Å²) >= 11 is 0. The zero-order valence-electron chi connectivity index (χ0n) is 14.3. The molecule has 2 heterocycles. The molecule has 2 aliphatic heterocycles. The SMILES string of the molecule is O=C(O)[C@@H]1CCCN1C(=O)c1ccc(S(=O)(=O)NCC2CCCO2)cc1. The number of hydrogen-bond acceptors (Lipinski definition) is 5.